The first-order valence-corrected chi connectivity index (χ1v) is 7.23. The Labute approximate surface area is 110 Å². The minimum atomic E-state index is 0.00459. The molecule has 0 aromatic heterocycles. The number of likely N-dealkylation sites (N-methyl/N-ethyl adjacent to an activating group) is 1. The average Bonchev–Trinajstić information content (AvgIpc) is 2.31. The second kappa shape index (κ2) is 7.07. The lowest BCUT2D eigenvalue weighted by molar-refractivity contribution is -0.129. The third-order valence-corrected chi connectivity index (χ3v) is 3.90. The Morgan fingerprint density at radius 1 is 1.11 bits per heavy atom. The van der Waals surface area contributed by atoms with Crippen molar-refractivity contribution < 1.29 is 4.79 Å². The zero-order valence-corrected chi connectivity index (χ0v) is 11.5. The van der Waals surface area contributed by atoms with E-state index >= 15 is 0 Å². The highest BCUT2D eigenvalue weighted by Gasteiger charge is 2.22. The molecule has 2 fully saturated rings. The van der Waals surface area contributed by atoms with Gasteiger partial charge in [0.1, 0.15) is 0 Å². The topological polar surface area (TPSA) is 47.6 Å². The molecule has 104 valence electrons. The Bertz CT molecular complexity index is 256. The van der Waals surface area contributed by atoms with E-state index < -0.39 is 0 Å². The molecule has 18 heavy (non-hydrogen) atoms. The van der Waals surface area contributed by atoms with Crippen LogP contribution in [0.3, 0.4) is 0 Å². The SMILES string of the molecule is CN1CCN(NC(=O)C2CCCCCCN2)CC1. The van der Waals surface area contributed by atoms with Crippen LogP contribution in [0.5, 0.6) is 0 Å². The number of carbonyl (C=O) groups excluding carboxylic acids is 1. The summed E-state index contributed by atoms with van der Waals surface area (Å²) in [4.78, 5) is 14.5. The number of hydrogen-bond acceptors (Lipinski definition) is 4. The third-order valence-electron chi connectivity index (χ3n) is 3.90. The molecule has 2 rings (SSSR count). The molecule has 0 spiro atoms. The molecule has 1 amide bonds. The summed E-state index contributed by atoms with van der Waals surface area (Å²) >= 11 is 0. The van der Waals surface area contributed by atoms with Gasteiger partial charge in [-0.15, -0.1) is 0 Å². The monoisotopic (exact) mass is 254 g/mol. The maximum atomic E-state index is 12.2. The van der Waals surface area contributed by atoms with E-state index in [-0.39, 0.29) is 11.9 Å². The molecule has 2 heterocycles. The van der Waals surface area contributed by atoms with Crippen LogP contribution in [0, 0.1) is 0 Å². The minimum absolute atomic E-state index is 0.00459. The van der Waals surface area contributed by atoms with Gasteiger partial charge in [-0.25, -0.2) is 5.01 Å². The fourth-order valence-electron chi connectivity index (χ4n) is 2.58. The lowest BCUT2D eigenvalue weighted by atomic mass is 10.0. The molecule has 5 nitrogen and oxygen atoms in total. The number of carbonyl (C=O) groups is 1. The maximum Gasteiger partial charge on any atom is 0.251 e. The lowest BCUT2D eigenvalue weighted by Gasteiger charge is -2.33. The highest BCUT2D eigenvalue weighted by atomic mass is 16.2. The third kappa shape index (κ3) is 4.23. The molecule has 0 bridgehead atoms. The predicted octanol–water partition coefficient (Wildman–Crippen LogP) is 0.187. The van der Waals surface area contributed by atoms with E-state index in [1.807, 2.05) is 0 Å². The van der Waals surface area contributed by atoms with Gasteiger partial charge in [0.15, 0.2) is 0 Å². The normalized spacial score (nSPS) is 28.4. The van der Waals surface area contributed by atoms with Crippen molar-refractivity contribution in [2.24, 2.45) is 0 Å². The smallest absolute Gasteiger partial charge is 0.251 e. The van der Waals surface area contributed by atoms with Crippen molar-refractivity contribution in [3.63, 3.8) is 0 Å². The number of piperazine rings is 1. The second-order valence-electron chi connectivity index (χ2n) is 5.48. The van der Waals surface area contributed by atoms with Gasteiger partial charge in [0.25, 0.3) is 5.91 Å². The van der Waals surface area contributed by atoms with Gasteiger partial charge < -0.3 is 10.2 Å². The zero-order chi connectivity index (χ0) is 12.8. The molecule has 2 aliphatic heterocycles. The number of hydrogen-bond donors (Lipinski definition) is 2. The van der Waals surface area contributed by atoms with Crippen LogP contribution in [0.25, 0.3) is 0 Å². The number of rotatable bonds is 2. The van der Waals surface area contributed by atoms with Crippen LogP contribution in [-0.2, 0) is 4.79 Å². The molecule has 5 heteroatoms. The van der Waals surface area contributed by atoms with Gasteiger partial charge in [-0.3, -0.25) is 10.2 Å². The molecular formula is C13H26N4O. The summed E-state index contributed by atoms with van der Waals surface area (Å²) in [5.41, 5.74) is 3.06. The summed E-state index contributed by atoms with van der Waals surface area (Å²) in [5, 5.41) is 5.43. The van der Waals surface area contributed by atoms with Crippen molar-refractivity contribution in [2.45, 2.75) is 38.1 Å². The zero-order valence-electron chi connectivity index (χ0n) is 11.5. The summed E-state index contributed by atoms with van der Waals surface area (Å²) in [6, 6.07) is 0.00459. The fraction of sp³-hybridized carbons (Fsp3) is 0.923. The van der Waals surface area contributed by atoms with Crippen LogP contribution in [0.1, 0.15) is 32.1 Å². The van der Waals surface area contributed by atoms with E-state index in [2.05, 4.69) is 27.7 Å². The predicted molar refractivity (Wildman–Crippen MR) is 72.1 cm³/mol. The standard InChI is InChI=1S/C13H26N4O/c1-16-8-10-17(11-9-16)15-13(18)12-6-4-2-3-5-7-14-12/h12,14H,2-11H2,1H3,(H,15,18). The van der Waals surface area contributed by atoms with Gasteiger partial charge in [-0.05, 0) is 26.4 Å². The Morgan fingerprint density at radius 2 is 1.83 bits per heavy atom. The highest BCUT2D eigenvalue weighted by molar-refractivity contribution is 5.81. The van der Waals surface area contributed by atoms with Crippen molar-refractivity contribution in [1.29, 1.82) is 0 Å². The molecule has 1 atom stereocenters. The Kier molecular flexibility index (Phi) is 5.41. The van der Waals surface area contributed by atoms with Crippen molar-refractivity contribution >= 4 is 5.91 Å². The van der Waals surface area contributed by atoms with Crippen LogP contribution in [-0.4, -0.2) is 61.6 Å². The quantitative estimate of drug-likeness (QED) is 0.738. The van der Waals surface area contributed by atoms with Gasteiger partial charge in [0.2, 0.25) is 0 Å². The first-order valence-electron chi connectivity index (χ1n) is 7.23. The summed E-state index contributed by atoms with van der Waals surface area (Å²) in [6.07, 6.45) is 5.88. The van der Waals surface area contributed by atoms with Crippen LogP contribution >= 0.6 is 0 Å². The van der Waals surface area contributed by atoms with Crippen LogP contribution < -0.4 is 10.7 Å². The van der Waals surface area contributed by atoms with Gasteiger partial charge in [-0.2, -0.15) is 0 Å². The molecule has 0 aliphatic carbocycles. The number of amides is 1. The summed E-state index contributed by atoms with van der Waals surface area (Å²) in [5.74, 6) is 0.154. The van der Waals surface area contributed by atoms with Gasteiger partial charge in [0, 0.05) is 26.2 Å². The van der Waals surface area contributed by atoms with Gasteiger partial charge in [0.05, 0.1) is 6.04 Å². The Hall–Kier alpha value is -0.650. The van der Waals surface area contributed by atoms with Crippen LogP contribution in [0.2, 0.25) is 0 Å². The highest BCUT2D eigenvalue weighted by Crippen LogP contribution is 2.09. The molecule has 2 aliphatic rings. The second-order valence-corrected chi connectivity index (χ2v) is 5.48. The molecule has 2 saturated heterocycles. The first kappa shape index (κ1) is 13.8. The number of nitrogens with one attached hydrogen (secondary N) is 2. The molecule has 0 saturated carbocycles. The lowest BCUT2D eigenvalue weighted by Crippen LogP contribution is -2.56. The molecule has 2 N–H and O–H groups in total. The van der Waals surface area contributed by atoms with Crippen molar-refractivity contribution in [2.75, 3.05) is 39.8 Å². The van der Waals surface area contributed by atoms with Gasteiger partial charge >= 0.3 is 0 Å². The Morgan fingerprint density at radius 3 is 2.61 bits per heavy atom. The van der Waals surface area contributed by atoms with E-state index in [4.69, 9.17) is 0 Å². The van der Waals surface area contributed by atoms with E-state index in [1.165, 1.54) is 19.3 Å². The van der Waals surface area contributed by atoms with Gasteiger partial charge in [-0.1, -0.05) is 19.3 Å². The summed E-state index contributed by atoms with van der Waals surface area (Å²) < 4.78 is 0. The van der Waals surface area contributed by atoms with Crippen molar-refractivity contribution in [3.05, 3.63) is 0 Å². The van der Waals surface area contributed by atoms with E-state index in [1.54, 1.807) is 0 Å². The number of nitrogens with zero attached hydrogens (tertiary/aromatic N) is 2. The van der Waals surface area contributed by atoms with E-state index in [0.29, 0.717) is 0 Å². The maximum absolute atomic E-state index is 12.2. The largest absolute Gasteiger partial charge is 0.306 e. The average molecular weight is 254 g/mol. The van der Waals surface area contributed by atoms with Crippen LogP contribution in [0.4, 0.5) is 0 Å². The summed E-state index contributed by atoms with van der Waals surface area (Å²) in [6.45, 7) is 4.88. The molecular weight excluding hydrogens is 228 g/mol. The summed E-state index contributed by atoms with van der Waals surface area (Å²) in [7, 11) is 2.12. The number of hydrazine groups is 1. The van der Waals surface area contributed by atoms with Crippen molar-refractivity contribution in [3.8, 4) is 0 Å². The Balaban J connectivity index is 1.75. The fourth-order valence-corrected chi connectivity index (χ4v) is 2.58. The van der Waals surface area contributed by atoms with Crippen molar-refractivity contribution in [1.82, 2.24) is 20.7 Å². The minimum Gasteiger partial charge on any atom is -0.306 e. The first-order chi connectivity index (χ1) is 8.75. The van der Waals surface area contributed by atoms with E-state index in [9.17, 15) is 4.79 Å². The van der Waals surface area contributed by atoms with Crippen LogP contribution in [0.15, 0.2) is 0 Å². The van der Waals surface area contributed by atoms with E-state index in [0.717, 1.165) is 45.6 Å². The molecule has 0 aromatic carbocycles. The molecule has 1 unspecified atom stereocenters. The molecule has 0 aromatic rings. The molecule has 0 radical (unpaired) electrons.